The van der Waals surface area contributed by atoms with Crippen molar-refractivity contribution >= 4 is 43.3 Å². The molecule has 0 fully saturated rings. The predicted molar refractivity (Wildman–Crippen MR) is 80.1 cm³/mol. The van der Waals surface area contributed by atoms with Crippen molar-refractivity contribution in [2.45, 2.75) is 0 Å². The van der Waals surface area contributed by atoms with E-state index >= 15 is 0 Å². The number of benzene rings is 1. The van der Waals surface area contributed by atoms with Crippen LogP contribution in [0.15, 0.2) is 34.1 Å². The van der Waals surface area contributed by atoms with Gasteiger partial charge in [0, 0.05) is 11.5 Å². The second kappa shape index (κ2) is 4.86. The van der Waals surface area contributed by atoms with Crippen molar-refractivity contribution in [3.05, 3.63) is 39.9 Å². The van der Waals surface area contributed by atoms with Crippen LogP contribution in [-0.4, -0.2) is 17.0 Å². The fraction of sp³-hybridized carbons (Fsp3) is 0.0769. The number of nitrogens with one attached hydrogen (secondary N) is 1. The van der Waals surface area contributed by atoms with Crippen LogP contribution >= 0.6 is 27.3 Å². The molecule has 2 heterocycles. The molecule has 0 aliphatic rings. The third kappa shape index (κ3) is 2.11. The van der Waals surface area contributed by atoms with Gasteiger partial charge in [-0.25, -0.2) is 14.4 Å². The Kier molecular flexibility index (Phi) is 3.20. The standard InChI is InChI=1S/C13H9BrFN3S/c1-16-11-7-5-6-19-13(7)18-12(17-11)10-8(14)3-2-4-9(10)15/h2-6H,1H3,(H,16,17,18). The number of fused-ring (bicyclic) bond motifs is 1. The average molecular weight is 338 g/mol. The van der Waals surface area contributed by atoms with E-state index in [4.69, 9.17) is 0 Å². The lowest BCUT2D eigenvalue weighted by atomic mass is 10.2. The second-order valence-electron chi connectivity index (χ2n) is 3.88. The molecule has 3 rings (SSSR count). The molecule has 0 amide bonds. The second-order valence-corrected chi connectivity index (χ2v) is 5.63. The van der Waals surface area contributed by atoms with Crippen molar-refractivity contribution < 1.29 is 4.39 Å². The zero-order valence-electron chi connectivity index (χ0n) is 9.95. The van der Waals surface area contributed by atoms with Gasteiger partial charge in [-0.05, 0) is 39.5 Å². The molecule has 3 aromatic rings. The Morgan fingerprint density at radius 2 is 2.11 bits per heavy atom. The average Bonchev–Trinajstić information content (AvgIpc) is 2.85. The summed E-state index contributed by atoms with van der Waals surface area (Å²) in [6.07, 6.45) is 0. The van der Waals surface area contributed by atoms with Crippen molar-refractivity contribution in [3.63, 3.8) is 0 Å². The maximum atomic E-state index is 14.0. The quantitative estimate of drug-likeness (QED) is 0.757. The summed E-state index contributed by atoms with van der Waals surface area (Å²) >= 11 is 4.86. The Morgan fingerprint density at radius 3 is 2.84 bits per heavy atom. The number of nitrogens with zero attached hydrogens (tertiary/aromatic N) is 2. The van der Waals surface area contributed by atoms with Crippen LogP contribution in [0.2, 0.25) is 0 Å². The lowest BCUT2D eigenvalue weighted by Gasteiger charge is -2.07. The van der Waals surface area contributed by atoms with Crippen molar-refractivity contribution in [2.24, 2.45) is 0 Å². The van der Waals surface area contributed by atoms with Gasteiger partial charge in [0.25, 0.3) is 0 Å². The highest BCUT2D eigenvalue weighted by Gasteiger charge is 2.15. The summed E-state index contributed by atoms with van der Waals surface area (Å²) in [5, 5.41) is 5.92. The van der Waals surface area contributed by atoms with E-state index in [1.165, 1.54) is 17.4 Å². The molecule has 6 heteroatoms. The van der Waals surface area contributed by atoms with Crippen molar-refractivity contribution in [3.8, 4) is 11.4 Å². The van der Waals surface area contributed by atoms with Gasteiger partial charge in [0.15, 0.2) is 5.82 Å². The molecule has 1 aromatic carbocycles. The van der Waals surface area contributed by atoms with Gasteiger partial charge < -0.3 is 5.32 Å². The number of halogens is 2. The molecular formula is C13H9BrFN3S. The van der Waals surface area contributed by atoms with Crippen molar-refractivity contribution in [2.75, 3.05) is 12.4 Å². The Morgan fingerprint density at radius 1 is 1.26 bits per heavy atom. The third-order valence-corrected chi connectivity index (χ3v) is 4.22. The Labute approximate surface area is 121 Å². The van der Waals surface area contributed by atoms with E-state index in [2.05, 4.69) is 31.2 Å². The molecule has 0 atom stereocenters. The van der Waals surface area contributed by atoms with Gasteiger partial charge in [0.05, 0.1) is 10.9 Å². The van der Waals surface area contributed by atoms with Crippen molar-refractivity contribution in [1.29, 1.82) is 0 Å². The first-order chi connectivity index (χ1) is 9.20. The topological polar surface area (TPSA) is 37.8 Å². The smallest absolute Gasteiger partial charge is 0.167 e. The number of thiophene rings is 1. The molecule has 0 saturated carbocycles. The molecule has 96 valence electrons. The monoisotopic (exact) mass is 337 g/mol. The van der Waals surface area contributed by atoms with Crippen LogP contribution in [0.4, 0.5) is 10.2 Å². The molecule has 19 heavy (non-hydrogen) atoms. The minimum atomic E-state index is -0.340. The molecule has 0 radical (unpaired) electrons. The van der Waals surface area contributed by atoms with Crippen LogP contribution in [-0.2, 0) is 0 Å². The van der Waals surface area contributed by atoms with Crippen LogP contribution in [0.25, 0.3) is 21.6 Å². The van der Waals surface area contributed by atoms with Gasteiger partial charge in [-0.1, -0.05) is 6.07 Å². The summed E-state index contributed by atoms with van der Waals surface area (Å²) in [5.41, 5.74) is 0.384. The highest BCUT2D eigenvalue weighted by atomic mass is 79.9. The molecule has 0 spiro atoms. The highest BCUT2D eigenvalue weighted by Crippen LogP contribution is 2.32. The third-order valence-electron chi connectivity index (χ3n) is 2.75. The molecule has 0 saturated heterocycles. The maximum Gasteiger partial charge on any atom is 0.167 e. The maximum absolute atomic E-state index is 14.0. The predicted octanol–water partition coefficient (Wildman–Crippen LogP) is 4.30. The molecule has 0 aliphatic heterocycles. The Hall–Kier alpha value is -1.53. The number of aromatic nitrogens is 2. The normalized spacial score (nSPS) is 10.9. The molecule has 2 aromatic heterocycles. The largest absolute Gasteiger partial charge is 0.372 e. The Bertz CT molecular complexity index is 736. The fourth-order valence-electron chi connectivity index (χ4n) is 1.87. The number of rotatable bonds is 2. The first-order valence-corrected chi connectivity index (χ1v) is 7.25. The Balaban J connectivity index is 2.31. The van der Waals surface area contributed by atoms with Crippen LogP contribution in [0.1, 0.15) is 0 Å². The summed E-state index contributed by atoms with van der Waals surface area (Å²) < 4.78 is 14.6. The summed E-state index contributed by atoms with van der Waals surface area (Å²) in [6, 6.07) is 6.78. The van der Waals surface area contributed by atoms with E-state index < -0.39 is 0 Å². The molecule has 1 N–H and O–H groups in total. The van der Waals surface area contributed by atoms with Gasteiger partial charge in [0.1, 0.15) is 16.5 Å². The van der Waals surface area contributed by atoms with Crippen LogP contribution < -0.4 is 5.32 Å². The lowest BCUT2D eigenvalue weighted by Crippen LogP contribution is -1.99. The van der Waals surface area contributed by atoms with Gasteiger partial charge in [-0.15, -0.1) is 11.3 Å². The molecule has 3 nitrogen and oxygen atoms in total. The van der Waals surface area contributed by atoms with Gasteiger partial charge in [-0.3, -0.25) is 0 Å². The summed E-state index contributed by atoms with van der Waals surface area (Å²) in [4.78, 5) is 9.67. The first-order valence-electron chi connectivity index (χ1n) is 5.58. The van der Waals surface area contributed by atoms with E-state index in [0.717, 1.165) is 10.2 Å². The van der Waals surface area contributed by atoms with Gasteiger partial charge in [-0.2, -0.15) is 0 Å². The SMILES string of the molecule is CNc1nc(-c2c(F)cccc2Br)nc2sccc12. The molecule has 0 bridgehead atoms. The fourth-order valence-corrected chi connectivity index (χ4v) is 3.15. The zero-order valence-corrected chi connectivity index (χ0v) is 12.3. The lowest BCUT2D eigenvalue weighted by molar-refractivity contribution is 0.629. The van der Waals surface area contributed by atoms with E-state index in [1.54, 1.807) is 19.2 Å². The number of hydrogen-bond acceptors (Lipinski definition) is 4. The number of hydrogen-bond donors (Lipinski definition) is 1. The highest BCUT2D eigenvalue weighted by molar-refractivity contribution is 9.10. The summed E-state index contributed by atoms with van der Waals surface area (Å²) in [6.45, 7) is 0. The van der Waals surface area contributed by atoms with E-state index in [1.807, 2.05) is 11.4 Å². The van der Waals surface area contributed by atoms with E-state index in [9.17, 15) is 4.39 Å². The molecule has 0 aliphatic carbocycles. The number of anilines is 1. The molecular weight excluding hydrogens is 329 g/mol. The summed E-state index contributed by atoms with van der Waals surface area (Å²) in [7, 11) is 1.79. The minimum absolute atomic E-state index is 0.340. The van der Waals surface area contributed by atoms with E-state index in [-0.39, 0.29) is 5.82 Å². The molecule has 0 unspecified atom stereocenters. The zero-order chi connectivity index (χ0) is 13.4. The van der Waals surface area contributed by atoms with Crippen molar-refractivity contribution in [1.82, 2.24) is 9.97 Å². The summed E-state index contributed by atoms with van der Waals surface area (Å²) in [5.74, 6) is 0.744. The van der Waals surface area contributed by atoms with E-state index in [0.29, 0.717) is 21.7 Å². The van der Waals surface area contributed by atoms with Gasteiger partial charge in [0.2, 0.25) is 0 Å². The van der Waals surface area contributed by atoms with Gasteiger partial charge >= 0.3 is 0 Å². The minimum Gasteiger partial charge on any atom is -0.372 e. The van der Waals surface area contributed by atoms with Crippen LogP contribution in [0.3, 0.4) is 0 Å². The van der Waals surface area contributed by atoms with Crippen LogP contribution in [0, 0.1) is 5.82 Å². The first kappa shape index (κ1) is 12.5. The van der Waals surface area contributed by atoms with Crippen LogP contribution in [0.5, 0.6) is 0 Å².